The minimum absolute atomic E-state index is 0.586. The van der Waals surface area contributed by atoms with Gasteiger partial charge in [-0.1, -0.05) is 0 Å². The second kappa shape index (κ2) is 9.78. The van der Waals surface area contributed by atoms with Crippen LogP contribution in [0.3, 0.4) is 0 Å². The molecular weight excluding hydrogens is 445 g/mol. The lowest BCUT2D eigenvalue weighted by Gasteiger charge is -2.43. The molecular formula is C8H19O16P3. The van der Waals surface area contributed by atoms with Crippen LogP contribution in [-0.2, 0) is 36.7 Å². The van der Waals surface area contributed by atoms with Gasteiger partial charge in [-0.25, -0.2) is 13.7 Å². The van der Waals surface area contributed by atoms with E-state index in [-0.39, 0.29) is 0 Å². The molecule has 0 saturated carbocycles. The van der Waals surface area contributed by atoms with E-state index in [2.05, 4.69) is 13.6 Å². The highest BCUT2D eigenvalue weighted by Gasteiger charge is 2.51. The molecule has 5 atom stereocenters. The molecule has 8 N–H and O–H groups in total. The van der Waals surface area contributed by atoms with Crippen molar-refractivity contribution < 1.29 is 76.3 Å². The molecule has 0 amide bonds. The third-order valence-electron chi connectivity index (χ3n) is 2.94. The lowest BCUT2D eigenvalue weighted by Crippen LogP contribution is -2.60. The van der Waals surface area contributed by atoms with Crippen LogP contribution in [0.5, 0.6) is 0 Å². The topological polar surface area (TPSA) is 259 Å². The lowest BCUT2D eigenvalue weighted by molar-refractivity contribution is -0.296. The van der Waals surface area contributed by atoms with Gasteiger partial charge in [0, 0.05) is 0 Å². The summed E-state index contributed by atoms with van der Waals surface area (Å²) >= 11 is 0. The molecule has 1 saturated heterocycles. The number of hydrogen-bond acceptors (Lipinski definition) is 10. The molecule has 162 valence electrons. The summed E-state index contributed by atoms with van der Waals surface area (Å²) in [6.45, 7) is -2.25. The predicted molar refractivity (Wildman–Crippen MR) is 79.5 cm³/mol. The molecule has 19 heteroatoms. The van der Waals surface area contributed by atoms with Gasteiger partial charge < -0.3 is 49.0 Å². The molecule has 0 aromatic carbocycles. The fourth-order valence-corrected chi connectivity index (χ4v) is 3.51. The maximum absolute atomic E-state index is 11.1. The van der Waals surface area contributed by atoms with Gasteiger partial charge in [0.2, 0.25) is 0 Å². The van der Waals surface area contributed by atoms with Gasteiger partial charge in [-0.3, -0.25) is 13.6 Å². The molecule has 0 aromatic heterocycles. The van der Waals surface area contributed by atoms with Crippen molar-refractivity contribution in [1.29, 1.82) is 0 Å². The molecule has 0 bridgehead atoms. The van der Waals surface area contributed by atoms with Crippen molar-refractivity contribution in [1.82, 2.24) is 0 Å². The van der Waals surface area contributed by atoms with Gasteiger partial charge in [-0.15, -0.1) is 0 Å². The van der Waals surface area contributed by atoms with Crippen molar-refractivity contribution in [3.05, 3.63) is 0 Å². The summed E-state index contributed by atoms with van der Waals surface area (Å²) in [6.07, 6.45) is -9.66. The normalized spacial score (nSPS) is 30.4. The molecule has 1 aliphatic heterocycles. The Hall–Kier alpha value is 0.170. The van der Waals surface area contributed by atoms with Crippen molar-refractivity contribution in [2.75, 3.05) is 19.8 Å². The van der Waals surface area contributed by atoms with E-state index in [1.54, 1.807) is 0 Å². The number of aliphatic hydroxyl groups is 2. The van der Waals surface area contributed by atoms with Crippen molar-refractivity contribution >= 4 is 23.5 Å². The first kappa shape index (κ1) is 25.2. The minimum Gasteiger partial charge on any atom is -0.394 e. The summed E-state index contributed by atoms with van der Waals surface area (Å²) in [5.41, 5.74) is 0. The van der Waals surface area contributed by atoms with Crippen LogP contribution in [0, 0.1) is 0 Å². The molecule has 0 spiro atoms. The van der Waals surface area contributed by atoms with E-state index >= 15 is 0 Å². The zero-order valence-corrected chi connectivity index (χ0v) is 15.9. The third kappa shape index (κ3) is 9.47. The predicted octanol–water partition coefficient (Wildman–Crippen LogP) is -2.85. The van der Waals surface area contributed by atoms with Crippen LogP contribution in [-0.4, -0.2) is 90.1 Å². The summed E-state index contributed by atoms with van der Waals surface area (Å²) < 4.78 is 55.3. The largest absolute Gasteiger partial charge is 0.470 e. The van der Waals surface area contributed by atoms with Crippen LogP contribution in [0.2, 0.25) is 0 Å². The maximum Gasteiger partial charge on any atom is 0.470 e. The summed E-state index contributed by atoms with van der Waals surface area (Å²) in [5, 5.41) is 19.4. The third-order valence-corrected chi connectivity index (χ3v) is 4.49. The average molecular weight is 464 g/mol. The molecule has 1 aliphatic rings. The number of phosphoric ester groups is 3. The van der Waals surface area contributed by atoms with E-state index in [4.69, 9.17) is 38.8 Å². The quantitative estimate of drug-likeness (QED) is 0.119. The number of hydrogen-bond donors (Lipinski definition) is 8. The Morgan fingerprint density at radius 1 is 0.815 bits per heavy atom. The van der Waals surface area contributed by atoms with Gasteiger partial charge in [0.05, 0.1) is 19.8 Å². The van der Waals surface area contributed by atoms with Crippen LogP contribution < -0.4 is 0 Å². The Bertz CT molecular complexity index is 607. The second-order valence-electron chi connectivity index (χ2n) is 5.03. The van der Waals surface area contributed by atoms with Crippen molar-refractivity contribution in [3.8, 4) is 0 Å². The number of aliphatic hydroxyl groups excluding tert-OH is 2. The Balaban J connectivity index is 2.93. The molecule has 1 fully saturated rings. The van der Waals surface area contributed by atoms with Crippen LogP contribution >= 0.6 is 23.5 Å². The SMILES string of the molecule is O=P(O)(O)OCCO[C@H]1O[C@H](CO)[C@@H](OP(=O)(O)O)[C@H](OP(=O)(O)O)[C@H]1O. The zero-order chi connectivity index (χ0) is 21.0. The molecule has 16 nitrogen and oxygen atoms in total. The summed E-state index contributed by atoms with van der Waals surface area (Å²) in [5.74, 6) is 0. The molecule has 0 aliphatic carbocycles. The number of ether oxygens (including phenoxy) is 2. The Morgan fingerprint density at radius 3 is 1.78 bits per heavy atom. The monoisotopic (exact) mass is 464 g/mol. The lowest BCUT2D eigenvalue weighted by atomic mass is 9.99. The first-order valence-electron chi connectivity index (χ1n) is 6.87. The van der Waals surface area contributed by atoms with Crippen molar-refractivity contribution in [3.63, 3.8) is 0 Å². The van der Waals surface area contributed by atoms with Crippen molar-refractivity contribution in [2.24, 2.45) is 0 Å². The van der Waals surface area contributed by atoms with Gasteiger partial charge in [-0.05, 0) is 0 Å². The molecule has 0 unspecified atom stereocenters. The van der Waals surface area contributed by atoms with Crippen molar-refractivity contribution in [2.45, 2.75) is 30.7 Å². The highest BCUT2D eigenvalue weighted by molar-refractivity contribution is 7.46. The van der Waals surface area contributed by atoms with E-state index in [0.717, 1.165) is 0 Å². The maximum atomic E-state index is 11.1. The van der Waals surface area contributed by atoms with Crippen LogP contribution in [0.1, 0.15) is 0 Å². The molecule has 0 aromatic rings. The fraction of sp³-hybridized carbons (Fsp3) is 1.00. The summed E-state index contributed by atoms with van der Waals surface area (Å²) in [6, 6.07) is 0. The van der Waals surface area contributed by atoms with Gasteiger partial charge >= 0.3 is 23.5 Å². The van der Waals surface area contributed by atoms with Gasteiger partial charge in [0.15, 0.2) is 6.29 Å². The average Bonchev–Trinajstić information content (AvgIpc) is 2.45. The highest BCUT2D eigenvalue weighted by Crippen LogP contribution is 2.46. The molecule has 27 heavy (non-hydrogen) atoms. The van der Waals surface area contributed by atoms with E-state index in [9.17, 15) is 23.9 Å². The standard InChI is InChI=1S/C8H19O16P3/c9-3-4-6(23-26(14,15)16)7(24-27(17,18)19)5(10)8(22-4)20-1-2-21-25(11,12)13/h4-10H,1-3H2,(H2,11,12,13)(H2,14,15,16)(H2,17,18,19)/t4-,5-,6-,7-,8+/m1/s1. The summed E-state index contributed by atoms with van der Waals surface area (Å²) in [7, 11) is -15.4. The molecule has 1 heterocycles. The van der Waals surface area contributed by atoms with E-state index in [0.29, 0.717) is 0 Å². The van der Waals surface area contributed by atoms with E-state index in [1.165, 1.54) is 0 Å². The Kier molecular flexibility index (Phi) is 9.13. The number of rotatable bonds is 10. The summed E-state index contributed by atoms with van der Waals surface area (Å²) in [4.78, 5) is 52.7. The first-order chi connectivity index (χ1) is 12.1. The van der Waals surface area contributed by atoms with E-state index < -0.39 is 74.0 Å². The zero-order valence-electron chi connectivity index (χ0n) is 13.2. The fourth-order valence-electron chi connectivity index (χ4n) is 2.06. The van der Waals surface area contributed by atoms with Gasteiger partial charge in [0.1, 0.15) is 24.4 Å². The van der Waals surface area contributed by atoms with Gasteiger partial charge in [0.25, 0.3) is 0 Å². The Morgan fingerprint density at radius 2 is 1.33 bits per heavy atom. The molecule has 1 rings (SSSR count). The van der Waals surface area contributed by atoms with Crippen LogP contribution in [0.15, 0.2) is 0 Å². The second-order valence-corrected chi connectivity index (χ2v) is 8.66. The Labute approximate surface area is 151 Å². The first-order valence-corrected chi connectivity index (χ1v) is 11.5. The van der Waals surface area contributed by atoms with Gasteiger partial charge in [-0.2, -0.15) is 0 Å². The smallest absolute Gasteiger partial charge is 0.394 e. The van der Waals surface area contributed by atoms with Crippen LogP contribution in [0.25, 0.3) is 0 Å². The minimum atomic E-state index is -5.31. The van der Waals surface area contributed by atoms with Crippen LogP contribution in [0.4, 0.5) is 0 Å². The highest BCUT2D eigenvalue weighted by atomic mass is 31.2. The van der Waals surface area contributed by atoms with E-state index in [1.807, 2.05) is 0 Å². The molecule has 0 radical (unpaired) electrons. The number of phosphoric acid groups is 3.